The predicted octanol–water partition coefficient (Wildman–Crippen LogP) is 3.01. The number of benzene rings is 2. The molecule has 1 amide bonds. The molecule has 0 atom stereocenters. The molecular formula is C16H14N2O2. The summed E-state index contributed by atoms with van der Waals surface area (Å²) in [6.45, 7) is 0. The Morgan fingerprint density at radius 1 is 1.25 bits per heavy atom. The van der Waals surface area contributed by atoms with Gasteiger partial charge in [0.15, 0.2) is 0 Å². The van der Waals surface area contributed by atoms with Crippen LogP contribution in [-0.4, -0.2) is 13.0 Å². The third-order valence-electron chi connectivity index (χ3n) is 2.83. The molecular weight excluding hydrogens is 252 g/mol. The van der Waals surface area contributed by atoms with Crippen LogP contribution in [0.2, 0.25) is 0 Å². The van der Waals surface area contributed by atoms with E-state index < -0.39 is 0 Å². The Labute approximate surface area is 117 Å². The Hall–Kier alpha value is -2.80. The van der Waals surface area contributed by atoms with E-state index >= 15 is 0 Å². The number of anilines is 1. The number of carbonyl (C=O) groups excluding carboxylic acids is 1. The van der Waals surface area contributed by atoms with Gasteiger partial charge in [0.05, 0.1) is 19.6 Å². The first-order valence-corrected chi connectivity index (χ1v) is 6.14. The van der Waals surface area contributed by atoms with Crippen LogP contribution in [0.25, 0.3) is 0 Å². The van der Waals surface area contributed by atoms with Crippen LogP contribution in [0.1, 0.15) is 15.9 Å². The monoisotopic (exact) mass is 266 g/mol. The van der Waals surface area contributed by atoms with Crippen molar-refractivity contribution in [2.24, 2.45) is 0 Å². The number of methoxy groups -OCH3 is 1. The first-order chi connectivity index (χ1) is 9.72. The molecule has 0 saturated heterocycles. The van der Waals surface area contributed by atoms with E-state index in [1.807, 2.05) is 12.1 Å². The maximum absolute atomic E-state index is 12.1. The standard InChI is InChI=1S/C16H14N2O2/c1-20-15-4-2-3-14(11-15)18-16(19)13-7-5-12(6-8-13)9-10-17/h2-8,11H,9H2,1H3,(H,18,19). The summed E-state index contributed by atoms with van der Waals surface area (Å²) >= 11 is 0. The highest BCUT2D eigenvalue weighted by Gasteiger charge is 2.06. The molecule has 1 N–H and O–H groups in total. The summed E-state index contributed by atoms with van der Waals surface area (Å²) in [5.41, 5.74) is 2.12. The summed E-state index contributed by atoms with van der Waals surface area (Å²) in [7, 11) is 1.58. The number of nitrogens with zero attached hydrogens (tertiary/aromatic N) is 1. The lowest BCUT2D eigenvalue weighted by atomic mass is 10.1. The second-order valence-electron chi connectivity index (χ2n) is 4.22. The highest BCUT2D eigenvalue weighted by molar-refractivity contribution is 6.04. The molecule has 2 aromatic rings. The molecule has 0 aromatic heterocycles. The van der Waals surface area contributed by atoms with Crippen molar-refractivity contribution in [3.05, 3.63) is 59.7 Å². The SMILES string of the molecule is COc1cccc(NC(=O)c2ccc(CC#N)cc2)c1. The van der Waals surface area contributed by atoms with E-state index in [9.17, 15) is 4.79 Å². The summed E-state index contributed by atoms with van der Waals surface area (Å²) in [6.07, 6.45) is 0.345. The van der Waals surface area contributed by atoms with E-state index in [1.54, 1.807) is 43.5 Å². The zero-order valence-electron chi connectivity index (χ0n) is 11.1. The molecule has 2 rings (SSSR count). The minimum absolute atomic E-state index is 0.193. The quantitative estimate of drug-likeness (QED) is 0.925. The van der Waals surface area contributed by atoms with Gasteiger partial charge in [-0.25, -0.2) is 0 Å². The van der Waals surface area contributed by atoms with E-state index in [2.05, 4.69) is 11.4 Å². The van der Waals surface area contributed by atoms with Gasteiger partial charge in [0.2, 0.25) is 0 Å². The lowest BCUT2D eigenvalue weighted by Crippen LogP contribution is -2.11. The zero-order chi connectivity index (χ0) is 14.4. The molecule has 0 heterocycles. The average Bonchev–Trinajstić information content (AvgIpc) is 2.48. The summed E-state index contributed by atoms with van der Waals surface area (Å²) < 4.78 is 5.10. The number of nitrogens with one attached hydrogen (secondary N) is 1. The van der Waals surface area contributed by atoms with Gasteiger partial charge >= 0.3 is 0 Å². The molecule has 2 aromatic carbocycles. The fraction of sp³-hybridized carbons (Fsp3) is 0.125. The summed E-state index contributed by atoms with van der Waals surface area (Å²) in [5.74, 6) is 0.494. The first-order valence-electron chi connectivity index (χ1n) is 6.14. The summed E-state index contributed by atoms with van der Waals surface area (Å²) in [4.78, 5) is 12.1. The molecule has 0 unspecified atom stereocenters. The van der Waals surface area contributed by atoms with Gasteiger partial charge in [0.1, 0.15) is 5.75 Å². The fourth-order valence-corrected chi connectivity index (χ4v) is 1.77. The van der Waals surface area contributed by atoms with Crippen LogP contribution in [0.15, 0.2) is 48.5 Å². The van der Waals surface area contributed by atoms with Crippen molar-refractivity contribution in [1.82, 2.24) is 0 Å². The predicted molar refractivity (Wildman–Crippen MR) is 76.7 cm³/mol. The molecule has 0 aliphatic heterocycles. The first kappa shape index (κ1) is 13.6. The summed E-state index contributed by atoms with van der Waals surface area (Å²) in [6, 6.07) is 16.2. The zero-order valence-corrected chi connectivity index (χ0v) is 11.1. The smallest absolute Gasteiger partial charge is 0.255 e. The minimum atomic E-state index is -0.193. The van der Waals surface area contributed by atoms with Gasteiger partial charge in [-0.2, -0.15) is 5.26 Å². The van der Waals surface area contributed by atoms with Gasteiger partial charge in [-0.15, -0.1) is 0 Å². The van der Waals surface area contributed by atoms with Crippen molar-refractivity contribution < 1.29 is 9.53 Å². The Bertz CT molecular complexity index is 642. The molecule has 4 heteroatoms. The maximum Gasteiger partial charge on any atom is 0.255 e. The second-order valence-corrected chi connectivity index (χ2v) is 4.22. The number of ether oxygens (including phenoxy) is 1. The Morgan fingerprint density at radius 2 is 2.00 bits per heavy atom. The lowest BCUT2D eigenvalue weighted by Gasteiger charge is -2.07. The van der Waals surface area contributed by atoms with E-state index in [4.69, 9.17) is 10.00 Å². The molecule has 0 radical (unpaired) electrons. The Balaban J connectivity index is 2.09. The number of amides is 1. The van der Waals surface area contributed by atoms with Crippen molar-refractivity contribution in [2.75, 3.05) is 12.4 Å². The molecule has 0 saturated carbocycles. The van der Waals surface area contributed by atoms with Gasteiger partial charge in [-0.3, -0.25) is 4.79 Å². The number of rotatable bonds is 4. The normalized spacial score (nSPS) is 9.60. The third-order valence-corrected chi connectivity index (χ3v) is 2.83. The van der Waals surface area contributed by atoms with Gasteiger partial charge < -0.3 is 10.1 Å². The number of hydrogen-bond acceptors (Lipinski definition) is 3. The van der Waals surface area contributed by atoms with Crippen molar-refractivity contribution in [1.29, 1.82) is 5.26 Å². The maximum atomic E-state index is 12.1. The van der Waals surface area contributed by atoms with Crippen molar-refractivity contribution >= 4 is 11.6 Å². The van der Waals surface area contributed by atoms with E-state index in [0.29, 0.717) is 23.4 Å². The third kappa shape index (κ3) is 3.36. The molecule has 0 bridgehead atoms. The lowest BCUT2D eigenvalue weighted by molar-refractivity contribution is 0.102. The van der Waals surface area contributed by atoms with Crippen LogP contribution in [0.4, 0.5) is 5.69 Å². The van der Waals surface area contributed by atoms with Crippen LogP contribution in [0.3, 0.4) is 0 Å². The largest absolute Gasteiger partial charge is 0.497 e. The van der Waals surface area contributed by atoms with Crippen molar-refractivity contribution in [3.8, 4) is 11.8 Å². The Morgan fingerprint density at radius 3 is 2.65 bits per heavy atom. The molecule has 100 valence electrons. The molecule has 4 nitrogen and oxygen atoms in total. The minimum Gasteiger partial charge on any atom is -0.497 e. The number of nitriles is 1. The van der Waals surface area contributed by atoms with Gasteiger partial charge in [0, 0.05) is 17.3 Å². The van der Waals surface area contributed by atoms with Crippen LogP contribution in [-0.2, 0) is 6.42 Å². The van der Waals surface area contributed by atoms with Crippen molar-refractivity contribution in [2.45, 2.75) is 6.42 Å². The fourth-order valence-electron chi connectivity index (χ4n) is 1.77. The van der Waals surface area contributed by atoms with Crippen LogP contribution < -0.4 is 10.1 Å². The topological polar surface area (TPSA) is 62.1 Å². The summed E-state index contributed by atoms with van der Waals surface area (Å²) in [5, 5.41) is 11.4. The second kappa shape index (κ2) is 6.39. The molecule has 0 aliphatic carbocycles. The van der Waals surface area contributed by atoms with Gasteiger partial charge in [0.25, 0.3) is 5.91 Å². The van der Waals surface area contributed by atoms with Crippen LogP contribution >= 0.6 is 0 Å². The van der Waals surface area contributed by atoms with E-state index in [-0.39, 0.29) is 5.91 Å². The van der Waals surface area contributed by atoms with E-state index in [1.165, 1.54) is 0 Å². The number of hydrogen-bond donors (Lipinski definition) is 1. The molecule has 0 aliphatic rings. The average molecular weight is 266 g/mol. The van der Waals surface area contributed by atoms with Crippen LogP contribution in [0, 0.1) is 11.3 Å². The number of carbonyl (C=O) groups is 1. The van der Waals surface area contributed by atoms with Gasteiger partial charge in [-0.05, 0) is 29.8 Å². The highest BCUT2D eigenvalue weighted by atomic mass is 16.5. The molecule has 0 fully saturated rings. The van der Waals surface area contributed by atoms with Crippen molar-refractivity contribution in [3.63, 3.8) is 0 Å². The van der Waals surface area contributed by atoms with Gasteiger partial charge in [-0.1, -0.05) is 18.2 Å². The highest BCUT2D eigenvalue weighted by Crippen LogP contribution is 2.17. The van der Waals surface area contributed by atoms with E-state index in [0.717, 1.165) is 5.56 Å². The molecule has 0 spiro atoms. The molecule has 20 heavy (non-hydrogen) atoms. The van der Waals surface area contributed by atoms with Crippen LogP contribution in [0.5, 0.6) is 5.75 Å². The Kier molecular flexibility index (Phi) is 4.35.